The summed E-state index contributed by atoms with van der Waals surface area (Å²) >= 11 is 0. The maximum atomic E-state index is 12.2. The summed E-state index contributed by atoms with van der Waals surface area (Å²) in [5, 5.41) is 0. The minimum absolute atomic E-state index is 0.0593. The fourth-order valence-electron chi connectivity index (χ4n) is 2.40. The summed E-state index contributed by atoms with van der Waals surface area (Å²) in [6, 6.07) is 18.2. The normalized spacial score (nSPS) is 11.2. The Morgan fingerprint density at radius 3 is 1.79 bits per heavy atom. The molecule has 0 amide bonds. The molecule has 2 aromatic rings. The van der Waals surface area contributed by atoms with Gasteiger partial charge in [-0.05, 0) is 18.1 Å². The number of rotatable bonds is 10. The van der Waals surface area contributed by atoms with Gasteiger partial charge in [0.1, 0.15) is 13.2 Å². The smallest absolute Gasteiger partial charge is 0.333 e. The van der Waals surface area contributed by atoms with Crippen LogP contribution in [-0.4, -0.2) is 37.2 Å². The summed E-state index contributed by atoms with van der Waals surface area (Å²) in [7, 11) is 0. The van der Waals surface area contributed by atoms with Gasteiger partial charge in [-0.1, -0.05) is 67.2 Å². The number of carbonyl (C=O) groups is 3. The minimum Gasteiger partial charge on any atom is -0.461 e. The van der Waals surface area contributed by atoms with E-state index in [1.807, 2.05) is 48.5 Å². The van der Waals surface area contributed by atoms with Crippen molar-refractivity contribution in [2.45, 2.75) is 25.9 Å². The van der Waals surface area contributed by atoms with Gasteiger partial charge in [-0.2, -0.15) is 0 Å². The summed E-state index contributed by atoms with van der Waals surface area (Å²) in [6.45, 7) is 4.57. The first-order valence-corrected chi connectivity index (χ1v) is 9.19. The highest BCUT2D eigenvalue weighted by atomic mass is 16.6. The average Bonchev–Trinajstić information content (AvgIpc) is 2.71. The standard InChI is InChI=1S/C23H24O6/c1-17(2)23(26)28-16-20(29-22(25)14-19-11-7-4-8-12-19)15-27-21(24)13-18-9-5-3-6-10-18/h3-12,20H,1,13-16H2,2H3. The molecule has 2 aromatic carbocycles. The third-order valence-corrected chi connectivity index (χ3v) is 3.86. The van der Waals surface area contributed by atoms with Crippen LogP contribution in [0.2, 0.25) is 0 Å². The Morgan fingerprint density at radius 1 is 0.793 bits per heavy atom. The fourth-order valence-corrected chi connectivity index (χ4v) is 2.40. The fraction of sp³-hybridized carbons (Fsp3) is 0.261. The predicted octanol–water partition coefficient (Wildman–Crippen LogP) is 3.05. The average molecular weight is 396 g/mol. The monoisotopic (exact) mass is 396 g/mol. The van der Waals surface area contributed by atoms with E-state index in [2.05, 4.69) is 6.58 Å². The van der Waals surface area contributed by atoms with E-state index in [-0.39, 0.29) is 31.6 Å². The van der Waals surface area contributed by atoms with E-state index in [9.17, 15) is 14.4 Å². The first-order chi connectivity index (χ1) is 13.9. The lowest BCUT2D eigenvalue weighted by atomic mass is 10.1. The van der Waals surface area contributed by atoms with Crippen LogP contribution in [0.4, 0.5) is 0 Å². The minimum atomic E-state index is -0.908. The van der Waals surface area contributed by atoms with Crippen LogP contribution in [0.25, 0.3) is 0 Å². The van der Waals surface area contributed by atoms with Crippen LogP contribution in [0, 0.1) is 0 Å². The van der Waals surface area contributed by atoms with Crippen LogP contribution in [-0.2, 0) is 41.4 Å². The van der Waals surface area contributed by atoms with Crippen LogP contribution in [0.15, 0.2) is 72.8 Å². The second-order valence-electron chi connectivity index (χ2n) is 6.50. The molecule has 0 saturated carbocycles. The molecule has 0 saturated heterocycles. The second kappa shape index (κ2) is 11.4. The number of benzene rings is 2. The Morgan fingerprint density at radius 2 is 1.28 bits per heavy atom. The number of carbonyl (C=O) groups excluding carboxylic acids is 3. The van der Waals surface area contributed by atoms with Crippen molar-refractivity contribution >= 4 is 17.9 Å². The van der Waals surface area contributed by atoms with Crippen molar-refractivity contribution < 1.29 is 28.6 Å². The van der Waals surface area contributed by atoms with Gasteiger partial charge in [0, 0.05) is 5.57 Å². The zero-order chi connectivity index (χ0) is 21.1. The van der Waals surface area contributed by atoms with Crippen molar-refractivity contribution in [2.24, 2.45) is 0 Å². The van der Waals surface area contributed by atoms with Crippen molar-refractivity contribution in [1.29, 1.82) is 0 Å². The number of ether oxygens (including phenoxy) is 3. The Bertz CT molecular complexity index is 829. The van der Waals surface area contributed by atoms with E-state index in [1.54, 1.807) is 12.1 Å². The van der Waals surface area contributed by atoms with E-state index in [1.165, 1.54) is 6.92 Å². The molecular weight excluding hydrogens is 372 g/mol. The molecule has 0 heterocycles. The lowest BCUT2D eigenvalue weighted by Crippen LogP contribution is -2.31. The lowest BCUT2D eigenvalue weighted by molar-refractivity contribution is -0.165. The van der Waals surface area contributed by atoms with Crippen LogP contribution in [0.3, 0.4) is 0 Å². The molecule has 0 N–H and O–H groups in total. The summed E-state index contributed by atoms with van der Waals surface area (Å²) in [5.41, 5.74) is 1.82. The van der Waals surface area contributed by atoms with Gasteiger partial charge in [0.2, 0.25) is 0 Å². The van der Waals surface area contributed by atoms with Gasteiger partial charge < -0.3 is 14.2 Å². The molecule has 0 aliphatic rings. The first-order valence-electron chi connectivity index (χ1n) is 9.19. The summed E-state index contributed by atoms with van der Waals surface area (Å²) in [4.78, 5) is 35.9. The number of esters is 3. The molecule has 0 fully saturated rings. The summed E-state index contributed by atoms with van der Waals surface area (Å²) in [5.74, 6) is -1.58. The van der Waals surface area contributed by atoms with Gasteiger partial charge in [0.25, 0.3) is 0 Å². The van der Waals surface area contributed by atoms with Crippen molar-refractivity contribution in [1.82, 2.24) is 0 Å². The molecule has 29 heavy (non-hydrogen) atoms. The van der Waals surface area contributed by atoms with Gasteiger partial charge in [-0.25, -0.2) is 4.79 Å². The van der Waals surface area contributed by atoms with E-state index < -0.39 is 24.0 Å². The lowest BCUT2D eigenvalue weighted by Gasteiger charge is -2.18. The van der Waals surface area contributed by atoms with Gasteiger partial charge >= 0.3 is 17.9 Å². The van der Waals surface area contributed by atoms with Crippen LogP contribution < -0.4 is 0 Å². The van der Waals surface area contributed by atoms with Crippen LogP contribution in [0.1, 0.15) is 18.1 Å². The highest BCUT2D eigenvalue weighted by Crippen LogP contribution is 2.06. The third kappa shape index (κ3) is 8.43. The highest BCUT2D eigenvalue weighted by molar-refractivity contribution is 5.87. The Balaban J connectivity index is 1.90. The SMILES string of the molecule is C=C(C)C(=O)OCC(COC(=O)Cc1ccccc1)OC(=O)Cc1ccccc1. The topological polar surface area (TPSA) is 78.9 Å². The van der Waals surface area contributed by atoms with Gasteiger partial charge in [-0.3, -0.25) is 9.59 Å². The molecule has 0 bridgehead atoms. The zero-order valence-corrected chi connectivity index (χ0v) is 16.3. The largest absolute Gasteiger partial charge is 0.461 e. The molecule has 152 valence electrons. The van der Waals surface area contributed by atoms with E-state index >= 15 is 0 Å². The number of hydrogen-bond acceptors (Lipinski definition) is 6. The van der Waals surface area contributed by atoms with Gasteiger partial charge in [-0.15, -0.1) is 0 Å². The third-order valence-electron chi connectivity index (χ3n) is 3.86. The highest BCUT2D eigenvalue weighted by Gasteiger charge is 2.20. The summed E-state index contributed by atoms with van der Waals surface area (Å²) < 4.78 is 15.6. The molecular formula is C23H24O6. The molecule has 0 aromatic heterocycles. The summed E-state index contributed by atoms with van der Waals surface area (Å²) in [6.07, 6.45) is -0.755. The maximum Gasteiger partial charge on any atom is 0.333 e. The molecule has 6 nitrogen and oxygen atoms in total. The number of hydrogen-bond donors (Lipinski definition) is 0. The molecule has 2 rings (SSSR count). The predicted molar refractivity (Wildman–Crippen MR) is 107 cm³/mol. The van der Waals surface area contributed by atoms with E-state index in [0.29, 0.717) is 0 Å². The second-order valence-corrected chi connectivity index (χ2v) is 6.50. The van der Waals surface area contributed by atoms with Crippen molar-refractivity contribution in [3.63, 3.8) is 0 Å². The van der Waals surface area contributed by atoms with Crippen molar-refractivity contribution in [2.75, 3.05) is 13.2 Å². The Kier molecular flexibility index (Phi) is 8.63. The zero-order valence-electron chi connectivity index (χ0n) is 16.3. The van der Waals surface area contributed by atoms with Crippen molar-refractivity contribution in [3.8, 4) is 0 Å². The van der Waals surface area contributed by atoms with Crippen molar-refractivity contribution in [3.05, 3.63) is 83.9 Å². The van der Waals surface area contributed by atoms with Gasteiger partial charge in [0.15, 0.2) is 6.10 Å². The van der Waals surface area contributed by atoms with Gasteiger partial charge in [0.05, 0.1) is 12.8 Å². The molecule has 0 aliphatic carbocycles. The van der Waals surface area contributed by atoms with Crippen LogP contribution in [0.5, 0.6) is 0 Å². The molecule has 0 aliphatic heterocycles. The molecule has 6 heteroatoms. The van der Waals surface area contributed by atoms with E-state index in [4.69, 9.17) is 14.2 Å². The molecule has 0 spiro atoms. The van der Waals surface area contributed by atoms with E-state index in [0.717, 1.165) is 11.1 Å². The molecule has 1 unspecified atom stereocenters. The first kappa shape index (κ1) is 21.9. The quantitative estimate of drug-likeness (QED) is 0.349. The molecule has 1 atom stereocenters. The maximum absolute atomic E-state index is 12.2. The Labute approximate surface area is 170 Å². The van der Waals surface area contributed by atoms with Crippen LogP contribution >= 0.6 is 0 Å². The molecule has 0 radical (unpaired) electrons. The Hall–Kier alpha value is -3.41.